The van der Waals surface area contributed by atoms with Crippen LogP contribution in [0.1, 0.15) is 42.5 Å². The molecule has 4 rings (SSSR count). The molecule has 1 saturated heterocycles. The fourth-order valence-corrected chi connectivity index (χ4v) is 5.62. The number of anilines is 1. The molecule has 168 valence electrons. The van der Waals surface area contributed by atoms with E-state index in [1.54, 1.807) is 34.4 Å². The Morgan fingerprint density at radius 1 is 1.12 bits per heavy atom. The monoisotopic (exact) mass is 451 g/mol. The van der Waals surface area contributed by atoms with Crippen LogP contribution in [0.5, 0.6) is 0 Å². The first kappa shape index (κ1) is 22.6. The Morgan fingerprint density at radius 3 is 2.44 bits per heavy atom. The van der Waals surface area contributed by atoms with Crippen LogP contribution in [0.15, 0.2) is 60.0 Å². The third-order valence-electron chi connectivity index (χ3n) is 6.33. The zero-order chi connectivity index (χ0) is 22.6. The van der Waals surface area contributed by atoms with Crippen LogP contribution >= 0.6 is 11.3 Å². The summed E-state index contributed by atoms with van der Waals surface area (Å²) in [7, 11) is 0. The van der Waals surface area contributed by atoms with Gasteiger partial charge in [-0.05, 0) is 43.9 Å². The van der Waals surface area contributed by atoms with Crippen LogP contribution in [0.4, 0.5) is 10.1 Å². The second-order valence-corrected chi connectivity index (χ2v) is 9.30. The fourth-order valence-electron chi connectivity index (χ4n) is 4.57. The maximum atomic E-state index is 14.9. The SMILES string of the molecule is CCC(=O)N(c1ccccc1F)C1(c2nc(C)cs2)CCN(CCc2ccccc2)CC1. The van der Waals surface area contributed by atoms with Crippen LogP contribution < -0.4 is 4.90 Å². The minimum atomic E-state index is -0.628. The van der Waals surface area contributed by atoms with Gasteiger partial charge in [0.25, 0.3) is 0 Å². The predicted octanol–water partition coefficient (Wildman–Crippen LogP) is 5.57. The highest BCUT2D eigenvalue weighted by atomic mass is 32.1. The predicted molar refractivity (Wildman–Crippen MR) is 129 cm³/mol. The van der Waals surface area contributed by atoms with Gasteiger partial charge in [-0.2, -0.15) is 0 Å². The molecule has 1 aliphatic rings. The highest BCUT2D eigenvalue weighted by molar-refractivity contribution is 7.09. The van der Waals surface area contributed by atoms with Crippen LogP contribution in [0.3, 0.4) is 0 Å². The molecule has 0 atom stereocenters. The Hall–Kier alpha value is -2.57. The molecule has 4 nitrogen and oxygen atoms in total. The summed E-state index contributed by atoms with van der Waals surface area (Å²) in [5.74, 6) is -0.436. The van der Waals surface area contributed by atoms with Gasteiger partial charge < -0.3 is 4.90 Å². The number of nitrogens with zero attached hydrogens (tertiary/aromatic N) is 3. The number of hydrogen-bond acceptors (Lipinski definition) is 4. The van der Waals surface area contributed by atoms with Gasteiger partial charge in [-0.15, -0.1) is 11.3 Å². The minimum Gasteiger partial charge on any atom is -0.303 e. The lowest BCUT2D eigenvalue weighted by atomic mass is 9.84. The molecule has 0 unspecified atom stereocenters. The van der Waals surface area contributed by atoms with Gasteiger partial charge in [-0.25, -0.2) is 9.37 Å². The Kier molecular flexibility index (Phi) is 7.01. The van der Waals surface area contributed by atoms with Crippen LogP contribution in [-0.2, 0) is 16.8 Å². The number of likely N-dealkylation sites (tertiary alicyclic amines) is 1. The normalized spacial score (nSPS) is 16.1. The number of para-hydroxylation sites is 1. The van der Waals surface area contributed by atoms with Gasteiger partial charge in [-0.1, -0.05) is 49.4 Å². The van der Waals surface area contributed by atoms with E-state index in [2.05, 4.69) is 29.2 Å². The Labute approximate surface area is 193 Å². The van der Waals surface area contributed by atoms with Crippen molar-refractivity contribution in [2.75, 3.05) is 24.5 Å². The quantitative estimate of drug-likeness (QED) is 0.471. The summed E-state index contributed by atoms with van der Waals surface area (Å²) in [5, 5.41) is 2.93. The lowest BCUT2D eigenvalue weighted by Crippen LogP contribution is -2.56. The lowest BCUT2D eigenvalue weighted by molar-refractivity contribution is -0.120. The second kappa shape index (κ2) is 9.92. The molecule has 3 aromatic rings. The van der Waals surface area contributed by atoms with E-state index < -0.39 is 5.54 Å². The maximum absolute atomic E-state index is 14.9. The number of carbonyl (C=O) groups is 1. The second-order valence-electron chi connectivity index (χ2n) is 8.44. The van der Waals surface area contributed by atoms with E-state index in [9.17, 15) is 9.18 Å². The van der Waals surface area contributed by atoms with Gasteiger partial charge in [0.15, 0.2) is 0 Å². The molecule has 6 heteroatoms. The van der Waals surface area contributed by atoms with Crippen LogP contribution in [0.2, 0.25) is 0 Å². The number of amides is 1. The average molecular weight is 452 g/mol. The van der Waals surface area contributed by atoms with E-state index in [0.29, 0.717) is 12.1 Å². The molecule has 1 aliphatic heterocycles. The minimum absolute atomic E-state index is 0.0688. The summed E-state index contributed by atoms with van der Waals surface area (Å²) in [6.45, 7) is 6.46. The maximum Gasteiger partial charge on any atom is 0.227 e. The number of hydrogen-bond donors (Lipinski definition) is 0. The largest absolute Gasteiger partial charge is 0.303 e. The summed E-state index contributed by atoms with van der Waals surface area (Å²) in [6.07, 6.45) is 2.77. The smallest absolute Gasteiger partial charge is 0.227 e. The van der Waals surface area contributed by atoms with Crippen LogP contribution in [0, 0.1) is 12.7 Å². The molecule has 0 N–H and O–H groups in total. The first-order valence-electron chi connectivity index (χ1n) is 11.3. The number of piperidine rings is 1. The average Bonchev–Trinajstić information content (AvgIpc) is 3.27. The molecule has 0 aliphatic carbocycles. The van der Waals surface area contributed by atoms with E-state index in [0.717, 1.165) is 49.6 Å². The van der Waals surface area contributed by atoms with Crippen LogP contribution in [-0.4, -0.2) is 35.4 Å². The molecular formula is C26H30FN3OS. The molecule has 2 heterocycles. The van der Waals surface area contributed by atoms with Gasteiger partial charge in [0.1, 0.15) is 16.4 Å². The molecule has 0 spiro atoms. The van der Waals surface area contributed by atoms with Gasteiger partial charge in [0.05, 0.1) is 5.69 Å². The third-order valence-corrected chi connectivity index (χ3v) is 7.49. The van der Waals surface area contributed by atoms with Crippen molar-refractivity contribution in [1.82, 2.24) is 9.88 Å². The Morgan fingerprint density at radius 2 is 1.81 bits per heavy atom. The van der Waals surface area contributed by atoms with Crippen molar-refractivity contribution in [2.24, 2.45) is 0 Å². The topological polar surface area (TPSA) is 36.4 Å². The van der Waals surface area contributed by atoms with E-state index in [4.69, 9.17) is 4.98 Å². The number of thiazole rings is 1. The van der Waals surface area contributed by atoms with Crippen molar-refractivity contribution in [3.05, 3.63) is 82.1 Å². The van der Waals surface area contributed by atoms with Gasteiger partial charge in [0, 0.05) is 37.1 Å². The molecule has 1 aromatic heterocycles. The first-order chi connectivity index (χ1) is 15.5. The van der Waals surface area contributed by atoms with Crippen molar-refractivity contribution >= 4 is 22.9 Å². The standard InChI is InChI=1S/C26H30FN3OS/c1-3-24(31)30(23-12-8-7-11-22(23)27)26(25-28-20(2)19-32-25)14-17-29(18-15-26)16-13-21-9-5-4-6-10-21/h4-12,19H,3,13-18H2,1-2H3. The van der Waals surface area contributed by atoms with E-state index in [1.807, 2.05) is 25.3 Å². The molecule has 0 radical (unpaired) electrons. The Balaban J connectivity index is 1.63. The number of rotatable bonds is 7. The van der Waals surface area contributed by atoms with Crippen molar-refractivity contribution in [2.45, 2.75) is 45.1 Å². The lowest BCUT2D eigenvalue weighted by Gasteiger charge is -2.47. The number of halogens is 1. The van der Waals surface area contributed by atoms with Crippen LogP contribution in [0.25, 0.3) is 0 Å². The number of benzene rings is 2. The third kappa shape index (κ3) is 4.62. The molecule has 32 heavy (non-hydrogen) atoms. The van der Waals surface area contributed by atoms with Gasteiger partial charge in [0.2, 0.25) is 5.91 Å². The van der Waals surface area contributed by atoms with Crippen molar-refractivity contribution in [1.29, 1.82) is 0 Å². The fraction of sp³-hybridized carbons (Fsp3) is 0.385. The van der Waals surface area contributed by atoms with Crippen molar-refractivity contribution in [3.8, 4) is 0 Å². The van der Waals surface area contributed by atoms with E-state index in [-0.39, 0.29) is 11.7 Å². The molecule has 2 aromatic carbocycles. The summed E-state index contributed by atoms with van der Waals surface area (Å²) < 4.78 is 14.9. The van der Waals surface area contributed by atoms with E-state index >= 15 is 0 Å². The summed E-state index contributed by atoms with van der Waals surface area (Å²) in [6, 6.07) is 17.1. The number of aryl methyl sites for hydroxylation is 1. The zero-order valence-corrected chi connectivity index (χ0v) is 19.6. The van der Waals surface area contributed by atoms with Gasteiger partial charge in [-0.3, -0.25) is 9.69 Å². The molecule has 0 saturated carbocycles. The molecule has 1 amide bonds. The highest BCUT2D eigenvalue weighted by Gasteiger charge is 2.47. The molecule has 1 fully saturated rings. The number of aromatic nitrogens is 1. The highest BCUT2D eigenvalue weighted by Crippen LogP contribution is 2.44. The van der Waals surface area contributed by atoms with Crippen molar-refractivity contribution < 1.29 is 9.18 Å². The zero-order valence-electron chi connectivity index (χ0n) is 18.8. The molecule has 0 bridgehead atoms. The van der Waals surface area contributed by atoms with Gasteiger partial charge >= 0.3 is 0 Å². The first-order valence-corrected chi connectivity index (χ1v) is 12.2. The Bertz CT molecular complexity index is 1040. The summed E-state index contributed by atoms with van der Waals surface area (Å²) in [5.41, 5.74) is 1.99. The molecular weight excluding hydrogens is 421 g/mol. The van der Waals surface area contributed by atoms with Crippen molar-refractivity contribution in [3.63, 3.8) is 0 Å². The van der Waals surface area contributed by atoms with E-state index in [1.165, 1.54) is 11.6 Å². The number of carbonyl (C=O) groups excluding carboxylic acids is 1. The summed E-state index contributed by atoms with van der Waals surface area (Å²) >= 11 is 1.58. The summed E-state index contributed by atoms with van der Waals surface area (Å²) in [4.78, 5) is 22.2.